The average molecular weight is 338 g/mol. The van der Waals surface area contributed by atoms with Crippen LogP contribution in [0.25, 0.3) is 0 Å². The normalized spacial score (nSPS) is 17.7. The van der Waals surface area contributed by atoms with Gasteiger partial charge in [-0.1, -0.05) is 26.8 Å². The third-order valence-electron chi connectivity index (χ3n) is 4.33. The van der Waals surface area contributed by atoms with Gasteiger partial charge in [0, 0.05) is 13.1 Å². The number of benzene rings is 1. The van der Waals surface area contributed by atoms with Gasteiger partial charge in [0.1, 0.15) is 0 Å². The van der Waals surface area contributed by atoms with E-state index in [1.165, 1.54) is 4.31 Å². The van der Waals surface area contributed by atoms with Crippen LogP contribution in [-0.4, -0.2) is 38.3 Å². The molecule has 5 nitrogen and oxygen atoms in total. The highest BCUT2D eigenvalue weighted by molar-refractivity contribution is 7.89. The van der Waals surface area contributed by atoms with Crippen molar-refractivity contribution in [1.29, 1.82) is 0 Å². The molecule has 1 aliphatic rings. The van der Waals surface area contributed by atoms with Gasteiger partial charge in [-0.15, -0.1) is 0 Å². The molecule has 0 saturated carbocycles. The van der Waals surface area contributed by atoms with Crippen LogP contribution in [0, 0.1) is 13.8 Å². The molecule has 23 heavy (non-hydrogen) atoms. The Labute approximate surface area is 139 Å². The van der Waals surface area contributed by atoms with Crippen LogP contribution in [-0.2, 0) is 20.2 Å². The highest BCUT2D eigenvalue weighted by Gasteiger charge is 2.31. The first-order chi connectivity index (χ1) is 10.5. The smallest absolute Gasteiger partial charge is 0.243 e. The molecule has 128 valence electrons. The number of sulfonamides is 1. The maximum atomic E-state index is 13.1. The number of aryl methyl sites for hydroxylation is 1. The van der Waals surface area contributed by atoms with E-state index >= 15 is 0 Å². The van der Waals surface area contributed by atoms with Crippen molar-refractivity contribution in [1.82, 2.24) is 9.62 Å². The SMILES string of the molecule is Cc1cc(C(C)(C)C)cc(S(=O)(=O)N2CCCNC(=O)C2)c1C. The van der Waals surface area contributed by atoms with Gasteiger partial charge in [-0.2, -0.15) is 4.31 Å². The largest absolute Gasteiger partial charge is 0.355 e. The summed E-state index contributed by atoms with van der Waals surface area (Å²) in [7, 11) is -3.68. The second kappa shape index (κ2) is 6.24. The summed E-state index contributed by atoms with van der Waals surface area (Å²) in [5.74, 6) is -0.243. The predicted molar refractivity (Wildman–Crippen MR) is 91.0 cm³/mol. The molecule has 0 radical (unpaired) electrons. The molecule has 0 unspecified atom stereocenters. The van der Waals surface area contributed by atoms with E-state index in [1.807, 2.05) is 19.9 Å². The van der Waals surface area contributed by atoms with Gasteiger partial charge in [-0.25, -0.2) is 8.42 Å². The topological polar surface area (TPSA) is 66.5 Å². The van der Waals surface area contributed by atoms with Crippen LogP contribution in [0.2, 0.25) is 0 Å². The van der Waals surface area contributed by atoms with Crippen molar-refractivity contribution < 1.29 is 13.2 Å². The molecule has 1 aromatic rings. The molecule has 6 heteroatoms. The number of nitrogens with zero attached hydrogens (tertiary/aromatic N) is 1. The fourth-order valence-corrected chi connectivity index (χ4v) is 4.41. The Morgan fingerprint density at radius 1 is 1.17 bits per heavy atom. The zero-order chi connectivity index (χ0) is 17.4. The highest BCUT2D eigenvalue weighted by Crippen LogP contribution is 2.30. The van der Waals surface area contributed by atoms with E-state index < -0.39 is 10.0 Å². The van der Waals surface area contributed by atoms with E-state index in [1.54, 1.807) is 6.07 Å². The van der Waals surface area contributed by atoms with Crippen LogP contribution in [0.4, 0.5) is 0 Å². The lowest BCUT2D eigenvalue weighted by Gasteiger charge is -2.25. The molecule has 1 aromatic carbocycles. The minimum atomic E-state index is -3.68. The lowest BCUT2D eigenvalue weighted by Crippen LogP contribution is -2.37. The Balaban J connectivity index is 2.54. The van der Waals surface area contributed by atoms with Gasteiger partial charge in [0.2, 0.25) is 15.9 Å². The molecule has 0 spiro atoms. The van der Waals surface area contributed by atoms with Crippen molar-refractivity contribution in [3.63, 3.8) is 0 Å². The Bertz CT molecular complexity index is 718. The summed E-state index contributed by atoms with van der Waals surface area (Å²) < 4.78 is 27.5. The van der Waals surface area contributed by atoms with E-state index in [0.717, 1.165) is 16.7 Å². The van der Waals surface area contributed by atoms with Crippen LogP contribution in [0.1, 0.15) is 43.9 Å². The standard InChI is InChI=1S/C17H26N2O3S/c1-12-9-14(17(3,4)5)10-15(13(12)2)23(21,22)19-8-6-7-18-16(20)11-19/h9-10H,6-8,11H2,1-5H3,(H,18,20). The molecular formula is C17H26N2O3S. The predicted octanol–water partition coefficient (Wildman–Crippen LogP) is 2.11. The van der Waals surface area contributed by atoms with Gasteiger partial charge in [0.05, 0.1) is 11.4 Å². The number of rotatable bonds is 2. The van der Waals surface area contributed by atoms with Gasteiger partial charge >= 0.3 is 0 Å². The number of hydrogen-bond acceptors (Lipinski definition) is 3. The van der Waals surface area contributed by atoms with Gasteiger partial charge in [0.25, 0.3) is 0 Å². The lowest BCUT2D eigenvalue weighted by molar-refractivity contribution is -0.120. The third kappa shape index (κ3) is 3.75. The van der Waals surface area contributed by atoms with Crippen LogP contribution in [0.3, 0.4) is 0 Å². The van der Waals surface area contributed by atoms with Crippen LogP contribution in [0.5, 0.6) is 0 Å². The first-order valence-corrected chi connectivity index (χ1v) is 9.36. The van der Waals surface area contributed by atoms with E-state index in [9.17, 15) is 13.2 Å². The maximum absolute atomic E-state index is 13.1. The molecule has 1 amide bonds. The fourth-order valence-electron chi connectivity index (χ4n) is 2.65. The second-order valence-electron chi connectivity index (χ2n) is 7.21. The molecule has 1 N–H and O–H groups in total. The fraction of sp³-hybridized carbons (Fsp3) is 0.588. The Morgan fingerprint density at radius 2 is 1.83 bits per heavy atom. The quantitative estimate of drug-likeness (QED) is 0.898. The van der Waals surface area contributed by atoms with Crippen LogP contribution >= 0.6 is 0 Å². The number of hydrogen-bond donors (Lipinski definition) is 1. The van der Waals surface area contributed by atoms with Crippen molar-refractivity contribution in [3.05, 3.63) is 28.8 Å². The molecule has 0 aliphatic carbocycles. The lowest BCUT2D eigenvalue weighted by atomic mass is 9.85. The average Bonchev–Trinajstić information content (AvgIpc) is 2.65. The van der Waals surface area contributed by atoms with Gasteiger partial charge < -0.3 is 5.32 Å². The minimum absolute atomic E-state index is 0.111. The van der Waals surface area contributed by atoms with Crippen LogP contribution < -0.4 is 5.32 Å². The summed E-state index contributed by atoms with van der Waals surface area (Å²) in [5, 5.41) is 2.71. The molecular weight excluding hydrogens is 312 g/mol. The number of carbonyl (C=O) groups is 1. The zero-order valence-corrected chi connectivity index (χ0v) is 15.4. The number of carbonyl (C=O) groups excluding carboxylic acids is 1. The van der Waals surface area contributed by atoms with Gasteiger partial charge in [-0.3, -0.25) is 4.79 Å². The van der Waals surface area contributed by atoms with Crippen molar-refractivity contribution >= 4 is 15.9 Å². The maximum Gasteiger partial charge on any atom is 0.243 e. The van der Waals surface area contributed by atoms with Crippen molar-refractivity contribution in [2.24, 2.45) is 0 Å². The molecule has 0 bridgehead atoms. The molecule has 1 heterocycles. The molecule has 2 rings (SSSR count). The zero-order valence-electron chi connectivity index (χ0n) is 14.6. The van der Waals surface area contributed by atoms with Crippen molar-refractivity contribution in [2.45, 2.75) is 51.3 Å². The van der Waals surface area contributed by atoms with E-state index in [0.29, 0.717) is 24.4 Å². The summed E-state index contributed by atoms with van der Waals surface area (Å²) in [6.45, 7) is 10.7. The first-order valence-electron chi connectivity index (χ1n) is 7.92. The van der Waals surface area contributed by atoms with E-state index in [-0.39, 0.29) is 17.9 Å². The second-order valence-corrected chi connectivity index (χ2v) is 9.11. The summed E-state index contributed by atoms with van der Waals surface area (Å²) in [5.41, 5.74) is 2.55. The molecule has 1 fully saturated rings. The molecule has 1 aliphatic heterocycles. The number of amides is 1. The Hall–Kier alpha value is -1.40. The summed E-state index contributed by atoms with van der Waals surface area (Å²) in [6.07, 6.45) is 0.627. The molecule has 0 atom stereocenters. The summed E-state index contributed by atoms with van der Waals surface area (Å²) in [4.78, 5) is 12.0. The van der Waals surface area contributed by atoms with E-state index in [4.69, 9.17) is 0 Å². The highest BCUT2D eigenvalue weighted by atomic mass is 32.2. The monoisotopic (exact) mass is 338 g/mol. The van der Waals surface area contributed by atoms with Crippen molar-refractivity contribution in [2.75, 3.05) is 19.6 Å². The minimum Gasteiger partial charge on any atom is -0.355 e. The Kier molecular flexibility index (Phi) is 4.87. The van der Waals surface area contributed by atoms with Crippen LogP contribution in [0.15, 0.2) is 17.0 Å². The van der Waals surface area contributed by atoms with Gasteiger partial charge in [-0.05, 0) is 48.4 Å². The summed E-state index contributed by atoms with van der Waals surface area (Å²) >= 11 is 0. The first kappa shape index (κ1) is 17.9. The molecule has 0 aromatic heterocycles. The third-order valence-corrected chi connectivity index (χ3v) is 6.30. The Morgan fingerprint density at radius 3 is 2.43 bits per heavy atom. The molecule has 1 saturated heterocycles. The van der Waals surface area contributed by atoms with Crippen molar-refractivity contribution in [3.8, 4) is 0 Å². The summed E-state index contributed by atoms with van der Waals surface area (Å²) in [6, 6.07) is 3.81. The van der Waals surface area contributed by atoms with Gasteiger partial charge in [0.15, 0.2) is 0 Å². The number of nitrogens with one attached hydrogen (secondary N) is 1. The van der Waals surface area contributed by atoms with E-state index in [2.05, 4.69) is 26.1 Å².